The van der Waals surface area contributed by atoms with E-state index in [1.165, 1.54) is 0 Å². The first kappa shape index (κ1) is 18.1. The minimum Gasteiger partial charge on any atom is -0.388 e. The molecule has 1 atom stereocenters. The Kier molecular flexibility index (Phi) is 7.36. The second-order valence-corrected chi connectivity index (χ2v) is 6.88. The fourth-order valence-corrected chi connectivity index (χ4v) is 2.68. The molecule has 0 aliphatic rings. The van der Waals surface area contributed by atoms with E-state index >= 15 is 0 Å². The van der Waals surface area contributed by atoms with Crippen molar-refractivity contribution in [3.05, 3.63) is 35.9 Å². The topological polar surface area (TPSA) is 26.7 Å². The van der Waals surface area contributed by atoms with E-state index in [1.54, 1.807) is 0 Å². The lowest BCUT2D eigenvalue weighted by atomic mass is 9.82. The van der Waals surface area contributed by atoms with Crippen LogP contribution in [0.15, 0.2) is 30.3 Å². The summed E-state index contributed by atoms with van der Waals surface area (Å²) in [4.78, 5) is 4.68. The molecule has 120 valence electrons. The summed E-state index contributed by atoms with van der Waals surface area (Å²) in [5.74, 6) is 0. The minimum atomic E-state index is -0.433. The molecule has 1 unspecified atom stereocenters. The maximum atomic E-state index is 10.7. The van der Waals surface area contributed by atoms with E-state index in [2.05, 4.69) is 44.7 Å². The number of rotatable bonds is 9. The molecular weight excluding hydrogens is 260 g/mol. The summed E-state index contributed by atoms with van der Waals surface area (Å²) in [6, 6.07) is 9.99. The fraction of sp³-hybridized carbons (Fsp3) is 0.667. The monoisotopic (exact) mass is 292 g/mol. The Bertz CT molecular complexity index is 389. The number of benzene rings is 1. The van der Waals surface area contributed by atoms with Gasteiger partial charge < -0.3 is 14.9 Å². The average Bonchev–Trinajstić information content (AvgIpc) is 2.45. The molecule has 0 radical (unpaired) electrons. The van der Waals surface area contributed by atoms with E-state index in [0.29, 0.717) is 0 Å². The third kappa shape index (κ3) is 6.16. The maximum Gasteiger partial charge on any atom is 0.0853 e. The van der Waals surface area contributed by atoms with Gasteiger partial charge in [0.25, 0.3) is 0 Å². The molecule has 0 fully saturated rings. The van der Waals surface area contributed by atoms with Crippen LogP contribution in [0.3, 0.4) is 0 Å². The van der Waals surface area contributed by atoms with Gasteiger partial charge in [0.15, 0.2) is 0 Å². The number of likely N-dealkylation sites (N-methyl/N-ethyl adjacent to an activating group) is 1. The van der Waals surface area contributed by atoms with E-state index in [4.69, 9.17) is 0 Å². The number of hydrogen-bond donors (Lipinski definition) is 1. The summed E-state index contributed by atoms with van der Waals surface area (Å²) in [5.41, 5.74) is 0.842. The molecule has 0 aliphatic heterocycles. The van der Waals surface area contributed by atoms with Crippen molar-refractivity contribution in [1.29, 1.82) is 0 Å². The Balaban J connectivity index is 2.70. The molecule has 1 N–H and O–H groups in total. The van der Waals surface area contributed by atoms with Crippen LogP contribution in [0.1, 0.15) is 38.9 Å². The second-order valence-electron chi connectivity index (χ2n) is 6.88. The predicted molar refractivity (Wildman–Crippen MR) is 90.5 cm³/mol. The van der Waals surface area contributed by atoms with E-state index in [-0.39, 0.29) is 5.41 Å². The highest BCUT2D eigenvalue weighted by Gasteiger charge is 2.30. The normalized spacial score (nSPS) is 13.9. The molecule has 0 heterocycles. The van der Waals surface area contributed by atoms with Crippen LogP contribution < -0.4 is 0 Å². The van der Waals surface area contributed by atoms with E-state index in [1.807, 2.05) is 30.3 Å². The van der Waals surface area contributed by atoms with Gasteiger partial charge in [-0.25, -0.2) is 0 Å². The molecule has 0 bridgehead atoms. The highest BCUT2D eigenvalue weighted by atomic mass is 16.3. The molecule has 1 aromatic rings. The zero-order chi connectivity index (χ0) is 15.9. The van der Waals surface area contributed by atoms with Gasteiger partial charge in [-0.05, 0) is 32.6 Å². The SMILES string of the molecule is CCCN(CCN(C)C)CC(C)(C)C(O)c1ccccc1. The molecule has 0 aromatic heterocycles. The molecule has 0 saturated heterocycles. The van der Waals surface area contributed by atoms with Crippen molar-refractivity contribution in [2.24, 2.45) is 5.41 Å². The van der Waals surface area contributed by atoms with Gasteiger partial charge in [-0.1, -0.05) is 51.1 Å². The number of aliphatic hydroxyl groups is 1. The standard InChI is InChI=1S/C18H32N2O/c1-6-12-20(14-13-19(4)5)15-18(2,3)17(21)16-10-8-7-9-11-16/h7-11,17,21H,6,12-15H2,1-5H3. The van der Waals surface area contributed by atoms with Gasteiger partial charge in [0.1, 0.15) is 0 Å². The van der Waals surface area contributed by atoms with Crippen LogP contribution in [0.2, 0.25) is 0 Å². The van der Waals surface area contributed by atoms with Gasteiger partial charge in [-0.3, -0.25) is 0 Å². The Morgan fingerprint density at radius 3 is 2.19 bits per heavy atom. The van der Waals surface area contributed by atoms with Crippen molar-refractivity contribution < 1.29 is 5.11 Å². The minimum absolute atomic E-state index is 0.164. The lowest BCUT2D eigenvalue weighted by Crippen LogP contribution is -2.41. The number of nitrogens with zero attached hydrogens (tertiary/aromatic N) is 2. The van der Waals surface area contributed by atoms with Crippen LogP contribution in [0.4, 0.5) is 0 Å². The molecule has 1 aromatic carbocycles. The number of aliphatic hydroxyl groups excluding tert-OH is 1. The summed E-state index contributed by atoms with van der Waals surface area (Å²) in [6.07, 6.45) is 0.711. The van der Waals surface area contributed by atoms with Crippen LogP contribution in [0.25, 0.3) is 0 Å². The Morgan fingerprint density at radius 1 is 1.05 bits per heavy atom. The fourth-order valence-electron chi connectivity index (χ4n) is 2.68. The Morgan fingerprint density at radius 2 is 1.67 bits per heavy atom. The third-order valence-corrected chi connectivity index (χ3v) is 3.89. The lowest BCUT2D eigenvalue weighted by Gasteiger charge is -2.36. The summed E-state index contributed by atoms with van der Waals surface area (Å²) >= 11 is 0. The summed E-state index contributed by atoms with van der Waals surface area (Å²) in [5, 5.41) is 10.7. The summed E-state index contributed by atoms with van der Waals surface area (Å²) in [6.45, 7) is 10.6. The van der Waals surface area contributed by atoms with Crippen LogP contribution in [-0.4, -0.2) is 55.2 Å². The zero-order valence-electron chi connectivity index (χ0n) is 14.3. The van der Waals surface area contributed by atoms with Gasteiger partial charge in [0.2, 0.25) is 0 Å². The molecule has 3 nitrogen and oxygen atoms in total. The first-order valence-electron chi connectivity index (χ1n) is 7.97. The summed E-state index contributed by atoms with van der Waals surface area (Å²) in [7, 11) is 4.21. The first-order chi connectivity index (χ1) is 9.86. The van der Waals surface area contributed by atoms with Crippen LogP contribution in [-0.2, 0) is 0 Å². The van der Waals surface area contributed by atoms with E-state index in [0.717, 1.165) is 38.2 Å². The molecule has 1 rings (SSSR count). The van der Waals surface area contributed by atoms with Crippen molar-refractivity contribution in [2.75, 3.05) is 40.3 Å². The predicted octanol–water partition coefficient (Wildman–Crippen LogP) is 3.02. The molecule has 0 aliphatic carbocycles. The molecule has 3 heteroatoms. The van der Waals surface area contributed by atoms with Crippen molar-refractivity contribution in [1.82, 2.24) is 9.80 Å². The third-order valence-electron chi connectivity index (χ3n) is 3.89. The molecule has 0 spiro atoms. The van der Waals surface area contributed by atoms with Crippen molar-refractivity contribution >= 4 is 0 Å². The number of hydrogen-bond acceptors (Lipinski definition) is 3. The van der Waals surface area contributed by atoms with Crippen LogP contribution in [0.5, 0.6) is 0 Å². The molecule has 0 saturated carbocycles. The smallest absolute Gasteiger partial charge is 0.0853 e. The van der Waals surface area contributed by atoms with Crippen molar-refractivity contribution in [3.8, 4) is 0 Å². The van der Waals surface area contributed by atoms with Crippen LogP contribution in [0, 0.1) is 5.41 Å². The van der Waals surface area contributed by atoms with Gasteiger partial charge in [-0.15, -0.1) is 0 Å². The van der Waals surface area contributed by atoms with Gasteiger partial charge in [0.05, 0.1) is 6.10 Å². The Labute approximate surface area is 130 Å². The molecule has 0 amide bonds. The van der Waals surface area contributed by atoms with Gasteiger partial charge in [-0.2, -0.15) is 0 Å². The zero-order valence-corrected chi connectivity index (χ0v) is 14.3. The highest BCUT2D eigenvalue weighted by molar-refractivity contribution is 5.19. The highest BCUT2D eigenvalue weighted by Crippen LogP contribution is 2.34. The molecular formula is C18H32N2O. The van der Waals surface area contributed by atoms with Crippen molar-refractivity contribution in [2.45, 2.75) is 33.3 Å². The van der Waals surface area contributed by atoms with E-state index in [9.17, 15) is 5.11 Å². The largest absolute Gasteiger partial charge is 0.388 e. The average molecular weight is 292 g/mol. The van der Waals surface area contributed by atoms with Gasteiger partial charge in [0, 0.05) is 25.0 Å². The summed E-state index contributed by atoms with van der Waals surface area (Å²) < 4.78 is 0. The van der Waals surface area contributed by atoms with Gasteiger partial charge >= 0.3 is 0 Å². The quantitative estimate of drug-likeness (QED) is 0.758. The maximum absolute atomic E-state index is 10.7. The van der Waals surface area contributed by atoms with Crippen LogP contribution >= 0.6 is 0 Å². The first-order valence-corrected chi connectivity index (χ1v) is 7.97. The Hall–Kier alpha value is -0.900. The molecule has 21 heavy (non-hydrogen) atoms. The second kappa shape index (κ2) is 8.52. The lowest BCUT2D eigenvalue weighted by molar-refractivity contribution is 0.0189. The van der Waals surface area contributed by atoms with Crippen molar-refractivity contribution in [3.63, 3.8) is 0 Å². The van der Waals surface area contributed by atoms with E-state index < -0.39 is 6.10 Å².